The number of hydrogen-bond donors (Lipinski definition) is 1. The maximum absolute atomic E-state index is 13.6. The summed E-state index contributed by atoms with van der Waals surface area (Å²) in [6.45, 7) is -0.574. The Bertz CT molecular complexity index is 797. The lowest BCUT2D eigenvalue weighted by Crippen LogP contribution is -2.21. The summed E-state index contributed by atoms with van der Waals surface area (Å²) in [5.74, 6) is -1.30. The van der Waals surface area contributed by atoms with Crippen LogP contribution in [0, 0.1) is 5.82 Å². The van der Waals surface area contributed by atoms with Crippen LogP contribution in [0.1, 0.15) is 10.4 Å². The van der Waals surface area contributed by atoms with E-state index in [1.807, 2.05) is 0 Å². The maximum Gasteiger partial charge on any atom is 0.338 e. The number of anilines is 1. The third-order valence-corrected chi connectivity index (χ3v) is 3.39. The van der Waals surface area contributed by atoms with Gasteiger partial charge in [-0.1, -0.05) is 11.6 Å². The summed E-state index contributed by atoms with van der Waals surface area (Å²) < 4.78 is 28.7. The predicted octanol–water partition coefficient (Wildman–Crippen LogP) is 3.29. The molecule has 0 aromatic heterocycles. The molecule has 132 valence electrons. The quantitative estimate of drug-likeness (QED) is 0.793. The summed E-state index contributed by atoms with van der Waals surface area (Å²) >= 11 is 5.63. The van der Waals surface area contributed by atoms with Gasteiger partial charge in [-0.15, -0.1) is 0 Å². The SMILES string of the molecule is COc1ccc(C(=O)OCC(=O)Nc2ccc(Cl)cc2F)cc1OC. The largest absolute Gasteiger partial charge is 0.493 e. The van der Waals surface area contributed by atoms with E-state index in [-0.39, 0.29) is 16.3 Å². The van der Waals surface area contributed by atoms with Gasteiger partial charge in [0.05, 0.1) is 25.5 Å². The topological polar surface area (TPSA) is 73.9 Å². The summed E-state index contributed by atoms with van der Waals surface area (Å²) in [5, 5.41) is 2.49. The van der Waals surface area contributed by atoms with Gasteiger partial charge in [-0.25, -0.2) is 9.18 Å². The van der Waals surface area contributed by atoms with Crippen molar-refractivity contribution < 1.29 is 28.2 Å². The van der Waals surface area contributed by atoms with Crippen LogP contribution in [0.2, 0.25) is 5.02 Å². The smallest absolute Gasteiger partial charge is 0.338 e. The van der Waals surface area contributed by atoms with Crippen molar-refractivity contribution in [1.29, 1.82) is 0 Å². The van der Waals surface area contributed by atoms with Crippen LogP contribution in [-0.2, 0) is 9.53 Å². The van der Waals surface area contributed by atoms with Crippen molar-refractivity contribution in [3.05, 3.63) is 52.8 Å². The average molecular weight is 368 g/mol. The zero-order chi connectivity index (χ0) is 18.4. The molecule has 0 heterocycles. The molecular formula is C17H15ClFNO5. The molecule has 25 heavy (non-hydrogen) atoms. The van der Waals surface area contributed by atoms with Crippen molar-refractivity contribution in [1.82, 2.24) is 0 Å². The van der Waals surface area contributed by atoms with Crippen molar-refractivity contribution in [2.45, 2.75) is 0 Å². The molecule has 0 radical (unpaired) electrons. The molecule has 0 unspecified atom stereocenters. The predicted molar refractivity (Wildman–Crippen MR) is 89.9 cm³/mol. The summed E-state index contributed by atoms with van der Waals surface area (Å²) in [6, 6.07) is 8.24. The van der Waals surface area contributed by atoms with E-state index in [4.69, 9.17) is 25.8 Å². The number of halogens is 2. The molecule has 0 atom stereocenters. The number of hydrogen-bond acceptors (Lipinski definition) is 5. The third kappa shape index (κ3) is 4.84. The van der Waals surface area contributed by atoms with Crippen molar-refractivity contribution in [3.8, 4) is 11.5 Å². The van der Waals surface area contributed by atoms with Gasteiger partial charge in [0.25, 0.3) is 5.91 Å². The van der Waals surface area contributed by atoms with Gasteiger partial charge in [0.2, 0.25) is 0 Å². The molecule has 1 amide bonds. The zero-order valence-corrected chi connectivity index (χ0v) is 14.2. The van der Waals surface area contributed by atoms with Crippen LogP contribution >= 0.6 is 11.6 Å². The van der Waals surface area contributed by atoms with Crippen LogP contribution in [0.4, 0.5) is 10.1 Å². The fraction of sp³-hybridized carbons (Fsp3) is 0.176. The highest BCUT2D eigenvalue weighted by Crippen LogP contribution is 2.27. The summed E-state index contributed by atoms with van der Waals surface area (Å²) in [6.07, 6.45) is 0. The van der Waals surface area contributed by atoms with E-state index in [0.717, 1.165) is 6.07 Å². The van der Waals surface area contributed by atoms with Crippen LogP contribution in [0.3, 0.4) is 0 Å². The number of rotatable bonds is 6. The Morgan fingerprint density at radius 3 is 2.44 bits per heavy atom. The lowest BCUT2D eigenvalue weighted by Gasteiger charge is -2.10. The van der Waals surface area contributed by atoms with Crippen molar-refractivity contribution in [2.75, 3.05) is 26.1 Å². The summed E-state index contributed by atoms with van der Waals surface area (Å²) in [4.78, 5) is 23.8. The van der Waals surface area contributed by atoms with Gasteiger partial charge < -0.3 is 19.5 Å². The van der Waals surface area contributed by atoms with Gasteiger partial charge >= 0.3 is 5.97 Å². The number of carbonyl (C=O) groups excluding carboxylic acids is 2. The van der Waals surface area contributed by atoms with Crippen LogP contribution < -0.4 is 14.8 Å². The molecule has 8 heteroatoms. The number of nitrogens with one attached hydrogen (secondary N) is 1. The molecule has 2 aromatic carbocycles. The van der Waals surface area contributed by atoms with Gasteiger partial charge in [0, 0.05) is 5.02 Å². The van der Waals surface area contributed by atoms with E-state index in [1.165, 1.54) is 38.5 Å². The summed E-state index contributed by atoms with van der Waals surface area (Å²) in [7, 11) is 2.90. The van der Waals surface area contributed by atoms with Crippen LogP contribution in [0.5, 0.6) is 11.5 Å². The number of methoxy groups -OCH3 is 2. The van der Waals surface area contributed by atoms with Gasteiger partial charge in [-0.2, -0.15) is 0 Å². The van der Waals surface area contributed by atoms with E-state index in [0.29, 0.717) is 11.5 Å². The normalized spacial score (nSPS) is 10.1. The highest BCUT2D eigenvalue weighted by Gasteiger charge is 2.14. The highest BCUT2D eigenvalue weighted by atomic mass is 35.5. The van der Waals surface area contributed by atoms with Crippen molar-refractivity contribution >= 4 is 29.2 Å². The first-order valence-corrected chi connectivity index (χ1v) is 7.46. The fourth-order valence-electron chi connectivity index (χ4n) is 1.95. The molecule has 0 saturated heterocycles. The molecule has 2 aromatic rings. The van der Waals surface area contributed by atoms with E-state index < -0.39 is 24.3 Å². The maximum atomic E-state index is 13.6. The van der Waals surface area contributed by atoms with Crippen molar-refractivity contribution in [2.24, 2.45) is 0 Å². The fourth-order valence-corrected chi connectivity index (χ4v) is 2.11. The second-order valence-electron chi connectivity index (χ2n) is 4.82. The Labute approximate surface area is 148 Å². The Hall–Kier alpha value is -2.80. The highest BCUT2D eigenvalue weighted by molar-refractivity contribution is 6.30. The Kier molecular flexibility index (Phi) is 6.19. The van der Waals surface area contributed by atoms with Gasteiger partial charge in [-0.3, -0.25) is 4.79 Å². The molecule has 0 spiro atoms. The van der Waals surface area contributed by atoms with E-state index in [2.05, 4.69) is 5.32 Å². The first-order chi connectivity index (χ1) is 11.9. The Morgan fingerprint density at radius 1 is 1.08 bits per heavy atom. The number of amides is 1. The molecule has 0 aliphatic heterocycles. The van der Waals surface area contributed by atoms with Crippen LogP contribution in [-0.4, -0.2) is 32.7 Å². The number of esters is 1. The van der Waals surface area contributed by atoms with Gasteiger partial charge in [0.15, 0.2) is 18.1 Å². The monoisotopic (exact) mass is 367 g/mol. The standard InChI is InChI=1S/C17H15ClFNO5/c1-23-14-6-3-10(7-15(14)24-2)17(22)25-9-16(21)20-13-5-4-11(18)8-12(13)19/h3-8H,9H2,1-2H3,(H,20,21). The second kappa shape index (κ2) is 8.34. The average Bonchev–Trinajstić information content (AvgIpc) is 2.61. The molecule has 0 aliphatic carbocycles. The minimum atomic E-state index is -0.729. The molecule has 1 N–H and O–H groups in total. The minimum Gasteiger partial charge on any atom is -0.493 e. The lowest BCUT2D eigenvalue weighted by molar-refractivity contribution is -0.119. The van der Waals surface area contributed by atoms with Gasteiger partial charge in [0.1, 0.15) is 5.82 Å². The van der Waals surface area contributed by atoms with Gasteiger partial charge in [-0.05, 0) is 36.4 Å². The first-order valence-electron chi connectivity index (χ1n) is 7.08. The molecule has 0 fully saturated rings. The Morgan fingerprint density at radius 2 is 1.80 bits per heavy atom. The minimum absolute atomic E-state index is 0.0587. The molecule has 0 saturated carbocycles. The zero-order valence-electron chi connectivity index (χ0n) is 13.5. The molecule has 2 rings (SSSR count). The van der Waals surface area contributed by atoms with Crippen molar-refractivity contribution in [3.63, 3.8) is 0 Å². The van der Waals surface area contributed by atoms with Crippen LogP contribution in [0.25, 0.3) is 0 Å². The van der Waals surface area contributed by atoms with E-state index in [9.17, 15) is 14.0 Å². The number of ether oxygens (including phenoxy) is 3. The molecule has 0 aliphatic rings. The number of carbonyl (C=O) groups is 2. The Balaban J connectivity index is 1.96. The molecular weight excluding hydrogens is 353 g/mol. The molecule has 0 bridgehead atoms. The molecule has 6 nitrogen and oxygen atoms in total. The lowest BCUT2D eigenvalue weighted by atomic mass is 10.2. The second-order valence-corrected chi connectivity index (χ2v) is 5.25. The van der Waals surface area contributed by atoms with E-state index in [1.54, 1.807) is 6.07 Å². The third-order valence-electron chi connectivity index (χ3n) is 3.16. The van der Waals surface area contributed by atoms with E-state index >= 15 is 0 Å². The number of benzene rings is 2. The summed E-state index contributed by atoms with van der Waals surface area (Å²) in [5.41, 5.74) is 0.125. The first kappa shape index (κ1) is 18.5. The van der Waals surface area contributed by atoms with Crippen LogP contribution in [0.15, 0.2) is 36.4 Å².